The summed E-state index contributed by atoms with van der Waals surface area (Å²) in [6.07, 6.45) is 1.87. The first-order valence-electron chi connectivity index (χ1n) is 8.19. The maximum absolute atomic E-state index is 13.7. The predicted octanol–water partition coefficient (Wildman–Crippen LogP) is 3.10. The third-order valence-corrected chi connectivity index (χ3v) is 3.81. The molecule has 7 heteroatoms. The smallest absolute Gasteiger partial charge is 0.247 e. The van der Waals surface area contributed by atoms with E-state index in [4.69, 9.17) is 0 Å². The molecule has 0 aliphatic heterocycles. The molecule has 0 aliphatic carbocycles. The van der Waals surface area contributed by atoms with Crippen LogP contribution in [0.15, 0.2) is 30.9 Å². The number of carbonyl (C=O) groups excluding carboxylic acids is 2. The molecule has 1 aromatic carbocycles. The van der Waals surface area contributed by atoms with Crippen LogP contribution in [-0.4, -0.2) is 21.8 Å². The average Bonchev–Trinajstić information content (AvgIpc) is 2.60. The number of rotatable bonds is 6. The van der Waals surface area contributed by atoms with E-state index in [9.17, 15) is 14.0 Å². The summed E-state index contributed by atoms with van der Waals surface area (Å²) in [5.74, 6) is -0.679. The highest BCUT2D eigenvalue weighted by atomic mass is 19.1. The minimum Gasteiger partial charge on any atom is -0.326 e. The Morgan fingerprint density at radius 3 is 2.42 bits per heavy atom. The van der Waals surface area contributed by atoms with Gasteiger partial charge < -0.3 is 10.6 Å². The molecule has 0 spiro atoms. The Hall–Kier alpha value is -3.09. The first-order valence-corrected chi connectivity index (χ1v) is 8.19. The van der Waals surface area contributed by atoms with E-state index < -0.39 is 11.7 Å². The Labute approximate surface area is 151 Å². The van der Waals surface area contributed by atoms with Gasteiger partial charge in [-0.15, -0.1) is 0 Å². The number of hydrogen-bond donors (Lipinski definition) is 2. The number of halogens is 1. The number of benzene rings is 1. The van der Waals surface area contributed by atoms with Crippen LogP contribution in [0.3, 0.4) is 0 Å². The van der Waals surface area contributed by atoms with Crippen molar-refractivity contribution in [2.24, 2.45) is 0 Å². The van der Waals surface area contributed by atoms with Crippen molar-refractivity contribution in [3.63, 3.8) is 0 Å². The molecule has 0 radical (unpaired) electrons. The van der Waals surface area contributed by atoms with Gasteiger partial charge in [-0.25, -0.2) is 14.4 Å². The number of carbonyl (C=O) groups is 2. The molecule has 1 aromatic heterocycles. The van der Waals surface area contributed by atoms with Crippen LogP contribution < -0.4 is 10.6 Å². The van der Waals surface area contributed by atoms with Gasteiger partial charge in [0.25, 0.3) is 0 Å². The van der Waals surface area contributed by atoms with Gasteiger partial charge in [0.05, 0.1) is 12.1 Å². The van der Waals surface area contributed by atoms with Gasteiger partial charge >= 0.3 is 0 Å². The number of aryl methyl sites for hydroxylation is 3. The van der Waals surface area contributed by atoms with Crippen molar-refractivity contribution in [2.45, 2.75) is 33.6 Å². The molecule has 26 heavy (non-hydrogen) atoms. The summed E-state index contributed by atoms with van der Waals surface area (Å²) >= 11 is 0. The minimum absolute atomic E-state index is 0.0318. The van der Waals surface area contributed by atoms with E-state index in [1.54, 1.807) is 0 Å². The second kappa shape index (κ2) is 8.33. The minimum atomic E-state index is -0.603. The molecule has 2 rings (SSSR count). The molecule has 0 aliphatic rings. The van der Waals surface area contributed by atoms with Crippen LogP contribution in [0.5, 0.6) is 0 Å². The van der Waals surface area contributed by atoms with Crippen molar-refractivity contribution < 1.29 is 14.0 Å². The highest BCUT2D eigenvalue weighted by molar-refractivity contribution is 6.00. The zero-order valence-electron chi connectivity index (χ0n) is 15.0. The Bertz CT molecular complexity index is 842. The molecule has 0 bridgehead atoms. The molecule has 0 unspecified atom stereocenters. The Balaban J connectivity index is 2.14. The number of anilines is 2. The number of nitrogens with one attached hydrogen (secondary N) is 2. The van der Waals surface area contributed by atoms with E-state index in [0.717, 1.165) is 35.3 Å². The Morgan fingerprint density at radius 1 is 1.19 bits per heavy atom. The standard InChI is InChI=1S/C19H21FN4O2/c1-5-17-21-11(3)14(12(4)22-17)10-19(26)23-13-7-8-15(20)16(9-13)24-18(25)6-2/h6-9H,2,5,10H2,1,3-4H3,(H,23,26)(H,24,25). The molecule has 136 valence electrons. The van der Waals surface area contributed by atoms with Crippen LogP contribution >= 0.6 is 0 Å². The summed E-state index contributed by atoms with van der Waals surface area (Å²) < 4.78 is 13.7. The SMILES string of the molecule is C=CC(=O)Nc1cc(NC(=O)Cc2c(C)nc(CC)nc2C)ccc1F. The molecule has 0 fully saturated rings. The van der Waals surface area contributed by atoms with E-state index in [1.807, 2.05) is 20.8 Å². The highest BCUT2D eigenvalue weighted by Crippen LogP contribution is 2.20. The van der Waals surface area contributed by atoms with Gasteiger partial charge in [0.15, 0.2) is 0 Å². The highest BCUT2D eigenvalue weighted by Gasteiger charge is 2.13. The summed E-state index contributed by atoms with van der Waals surface area (Å²) in [4.78, 5) is 32.5. The molecular formula is C19H21FN4O2. The summed E-state index contributed by atoms with van der Waals surface area (Å²) in [6, 6.07) is 3.95. The van der Waals surface area contributed by atoms with E-state index in [0.29, 0.717) is 5.69 Å². The van der Waals surface area contributed by atoms with E-state index >= 15 is 0 Å². The van der Waals surface area contributed by atoms with Crippen LogP contribution in [-0.2, 0) is 22.4 Å². The van der Waals surface area contributed by atoms with Crippen molar-refractivity contribution in [3.05, 3.63) is 59.4 Å². The first-order chi connectivity index (χ1) is 12.3. The van der Waals surface area contributed by atoms with Gasteiger partial charge in [0.2, 0.25) is 11.8 Å². The lowest BCUT2D eigenvalue weighted by Gasteiger charge is -2.12. The largest absolute Gasteiger partial charge is 0.326 e. The third-order valence-electron chi connectivity index (χ3n) is 3.81. The van der Waals surface area contributed by atoms with Crippen LogP contribution in [0.25, 0.3) is 0 Å². The number of hydrogen-bond acceptors (Lipinski definition) is 4. The second-order valence-corrected chi connectivity index (χ2v) is 5.76. The second-order valence-electron chi connectivity index (χ2n) is 5.76. The molecule has 6 nitrogen and oxygen atoms in total. The average molecular weight is 356 g/mol. The molecule has 2 N–H and O–H groups in total. The number of nitrogens with zero attached hydrogens (tertiary/aromatic N) is 2. The summed E-state index contributed by atoms with van der Waals surface area (Å²) in [5, 5.41) is 5.04. The van der Waals surface area contributed by atoms with Crippen molar-refractivity contribution in [2.75, 3.05) is 10.6 Å². The Kier molecular flexibility index (Phi) is 6.16. The topological polar surface area (TPSA) is 84.0 Å². The molecular weight excluding hydrogens is 335 g/mol. The normalized spacial score (nSPS) is 10.3. The van der Waals surface area contributed by atoms with Gasteiger partial charge in [-0.05, 0) is 38.1 Å². The number of aromatic nitrogens is 2. The van der Waals surface area contributed by atoms with E-state index in [-0.39, 0.29) is 18.0 Å². The van der Waals surface area contributed by atoms with Gasteiger partial charge in [-0.3, -0.25) is 9.59 Å². The molecule has 2 amide bonds. The van der Waals surface area contributed by atoms with Crippen molar-refractivity contribution >= 4 is 23.2 Å². The predicted molar refractivity (Wildman–Crippen MR) is 98.4 cm³/mol. The molecule has 0 saturated heterocycles. The summed E-state index contributed by atoms with van der Waals surface area (Å²) in [5.41, 5.74) is 2.64. The van der Waals surface area contributed by atoms with Crippen LogP contribution in [0.4, 0.5) is 15.8 Å². The number of amides is 2. The van der Waals surface area contributed by atoms with Gasteiger partial charge in [0, 0.05) is 29.1 Å². The van der Waals surface area contributed by atoms with Gasteiger partial charge in [-0.1, -0.05) is 13.5 Å². The lowest BCUT2D eigenvalue weighted by Crippen LogP contribution is -2.18. The van der Waals surface area contributed by atoms with E-state index in [1.165, 1.54) is 18.2 Å². The maximum Gasteiger partial charge on any atom is 0.247 e. The van der Waals surface area contributed by atoms with Crippen LogP contribution in [0.1, 0.15) is 29.7 Å². The zero-order chi connectivity index (χ0) is 19.3. The fraction of sp³-hybridized carbons (Fsp3) is 0.263. The van der Waals surface area contributed by atoms with Crippen molar-refractivity contribution in [3.8, 4) is 0 Å². The van der Waals surface area contributed by atoms with Crippen molar-refractivity contribution in [1.29, 1.82) is 0 Å². The Morgan fingerprint density at radius 2 is 1.85 bits per heavy atom. The summed E-state index contributed by atoms with van der Waals surface area (Å²) in [6.45, 7) is 8.98. The van der Waals surface area contributed by atoms with Crippen LogP contribution in [0.2, 0.25) is 0 Å². The maximum atomic E-state index is 13.7. The lowest BCUT2D eigenvalue weighted by molar-refractivity contribution is -0.115. The lowest BCUT2D eigenvalue weighted by atomic mass is 10.1. The molecule has 0 atom stereocenters. The van der Waals surface area contributed by atoms with Gasteiger partial charge in [0.1, 0.15) is 11.6 Å². The quantitative estimate of drug-likeness (QED) is 0.779. The van der Waals surface area contributed by atoms with E-state index in [2.05, 4.69) is 27.2 Å². The molecule has 2 aromatic rings. The molecule has 0 saturated carbocycles. The van der Waals surface area contributed by atoms with Gasteiger partial charge in [-0.2, -0.15) is 0 Å². The fourth-order valence-corrected chi connectivity index (χ4v) is 2.47. The zero-order valence-corrected chi connectivity index (χ0v) is 15.0. The van der Waals surface area contributed by atoms with Crippen molar-refractivity contribution in [1.82, 2.24) is 9.97 Å². The first kappa shape index (κ1) is 19.2. The summed E-state index contributed by atoms with van der Waals surface area (Å²) in [7, 11) is 0. The fourth-order valence-electron chi connectivity index (χ4n) is 2.47. The third kappa shape index (κ3) is 4.72. The monoisotopic (exact) mass is 356 g/mol. The molecule has 1 heterocycles. The van der Waals surface area contributed by atoms with Crippen LogP contribution in [0, 0.1) is 19.7 Å².